The fraction of sp³-hybridized carbons (Fsp3) is 0.138. The minimum absolute atomic E-state index is 0.0630. The molecule has 4 aromatic heterocycles. The van der Waals surface area contributed by atoms with Crippen LogP contribution in [0.5, 0.6) is 0 Å². The topological polar surface area (TPSA) is 165 Å². The van der Waals surface area contributed by atoms with E-state index in [1.54, 1.807) is 21.5 Å². The van der Waals surface area contributed by atoms with Crippen LogP contribution in [0, 0.1) is 18.8 Å². The number of aryl methyl sites for hydroxylation is 2. The third-order valence-electron chi connectivity index (χ3n) is 6.48. The number of aromatic nitrogens is 8. The quantitative estimate of drug-likeness (QED) is 0.319. The largest absolute Gasteiger partial charge is 0.381 e. The van der Waals surface area contributed by atoms with Crippen molar-refractivity contribution in [2.45, 2.75) is 20.3 Å². The molecular weight excluding hydrogens is 520 g/mol. The Labute approximate surface area is 234 Å². The average Bonchev–Trinajstić information content (AvgIpc) is 3.49. The van der Waals surface area contributed by atoms with Gasteiger partial charge in [0.1, 0.15) is 16.9 Å². The number of hydrogen-bond acceptors (Lipinski definition) is 8. The van der Waals surface area contributed by atoms with Crippen molar-refractivity contribution >= 4 is 28.1 Å². The highest BCUT2D eigenvalue weighted by Gasteiger charge is 2.16. The van der Waals surface area contributed by atoms with Crippen LogP contribution in [0.25, 0.3) is 22.1 Å². The molecule has 0 aliphatic rings. The van der Waals surface area contributed by atoms with E-state index in [1.165, 1.54) is 6.20 Å². The Hall–Kier alpha value is -5.83. The molecule has 2 aromatic carbocycles. The van der Waals surface area contributed by atoms with Gasteiger partial charge in [-0.2, -0.15) is 5.10 Å². The molecule has 0 radical (unpaired) electrons. The molecular formula is C29H26N10O2. The molecule has 1 amide bonds. The van der Waals surface area contributed by atoms with E-state index in [9.17, 15) is 9.59 Å². The van der Waals surface area contributed by atoms with Gasteiger partial charge in [-0.15, -0.1) is 14.8 Å². The van der Waals surface area contributed by atoms with E-state index < -0.39 is 5.91 Å². The lowest BCUT2D eigenvalue weighted by molar-refractivity contribution is 0.100. The summed E-state index contributed by atoms with van der Waals surface area (Å²) in [5.74, 6) is 6.48. The van der Waals surface area contributed by atoms with E-state index in [2.05, 4.69) is 32.4 Å². The zero-order valence-electron chi connectivity index (χ0n) is 22.6. The summed E-state index contributed by atoms with van der Waals surface area (Å²) in [6, 6.07) is 16.8. The SMILES string of the molecule is CCc1nc2cccc(C#Cc3cnn(C)c3C)c2c(=O)n1-c1ccccc1.NC(=O)c1c(N)nn2nnccc12. The Balaban J connectivity index is 0.000000216. The first-order valence-electron chi connectivity index (χ1n) is 12.7. The minimum Gasteiger partial charge on any atom is -0.381 e. The number of fused-ring (bicyclic) bond motifs is 2. The summed E-state index contributed by atoms with van der Waals surface area (Å²) in [4.78, 5) is 29.1. The molecule has 0 atom stereocenters. The highest BCUT2D eigenvalue weighted by Crippen LogP contribution is 2.17. The second kappa shape index (κ2) is 11.1. The predicted molar refractivity (Wildman–Crippen MR) is 154 cm³/mol. The van der Waals surface area contributed by atoms with Gasteiger partial charge in [0.2, 0.25) is 0 Å². The molecule has 0 saturated carbocycles. The molecule has 0 saturated heterocycles. The molecule has 41 heavy (non-hydrogen) atoms. The van der Waals surface area contributed by atoms with E-state index in [-0.39, 0.29) is 16.9 Å². The molecule has 12 heteroatoms. The number of hydrogen-bond donors (Lipinski definition) is 2. The number of nitrogens with zero attached hydrogens (tertiary/aromatic N) is 8. The minimum atomic E-state index is -0.625. The fourth-order valence-corrected chi connectivity index (χ4v) is 4.31. The van der Waals surface area contributed by atoms with Crippen LogP contribution in [-0.2, 0) is 13.5 Å². The van der Waals surface area contributed by atoms with Gasteiger partial charge in [-0.25, -0.2) is 4.98 Å². The summed E-state index contributed by atoms with van der Waals surface area (Å²) >= 11 is 0. The van der Waals surface area contributed by atoms with Gasteiger partial charge in [0, 0.05) is 19.0 Å². The number of primary amides is 1. The van der Waals surface area contributed by atoms with Gasteiger partial charge in [0.05, 0.1) is 40.2 Å². The van der Waals surface area contributed by atoms with Gasteiger partial charge in [-0.3, -0.25) is 18.8 Å². The third-order valence-corrected chi connectivity index (χ3v) is 6.48. The first kappa shape index (κ1) is 26.8. The van der Waals surface area contributed by atoms with Crippen LogP contribution in [0.3, 0.4) is 0 Å². The summed E-state index contributed by atoms with van der Waals surface area (Å²) in [6.07, 6.45) is 3.83. The monoisotopic (exact) mass is 546 g/mol. The Bertz CT molecular complexity index is 2030. The smallest absolute Gasteiger partial charge is 0.267 e. The van der Waals surface area contributed by atoms with Crippen molar-refractivity contribution in [3.05, 3.63) is 106 Å². The number of nitrogen functional groups attached to an aromatic ring is 1. The van der Waals surface area contributed by atoms with E-state index in [0.29, 0.717) is 28.4 Å². The number of amides is 1. The fourth-order valence-electron chi connectivity index (χ4n) is 4.31. The van der Waals surface area contributed by atoms with Crippen molar-refractivity contribution in [1.82, 2.24) is 39.4 Å². The average molecular weight is 547 g/mol. The zero-order valence-corrected chi connectivity index (χ0v) is 22.6. The summed E-state index contributed by atoms with van der Waals surface area (Å²) < 4.78 is 4.63. The van der Waals surface area contributed by atoms with E-state index in [1.807, 2.05) is 69.4 Å². The molecule has 0 aliphatic heterocycles. The van der Waals surface area contributed by atoms with E-state index in [4.69, 9.17) is 16.5 Å². The normalized spacial score (nSPS) is 10.6. The van der Waals surface area contributed by atoms with Gasteiger partial charge < -0.3 is 11.5 Å². The summed E-state index contributed by atoms with van der Waals surface area (Å²) in [5, 5.41) is 15.7. The Kier molecular flexibility index (Phi) is 7.25. The Morgan fingerprint density at radius 2 is 1.78 bits per heavy atom. The molecule has 12 nitrogen and oxygen atoms in total. The second-order valence-electron chi connectivity index (χ2n) is 8.99. The van der Waals surface area contributed by atoms with Crippen LogP contribution >= 0.6 is 0 Å². The predicted octanol–water partition coefficient (Wildman–Crippen LogP) is 2.20. The standard InChI is InChI=1S/C23H20N4O.C6H6N6O/c1-4-21-25-20-12-8-9-17(13-14-18-15-24-26(3)16(18)2)22(20)23(28)27(21)19-10-6-5-7-11-19;7-5-4(6(8)13)3-1-2-9-11-12(3)10-5/h5-12,15H,4H2,1-3H3;1-2H,(H2,7,10)(H2,8,13). The van der Waals surface area contributed by atoms with E-state index >= 15 is 0 Å². The van der Waals surface area contributed by atoms with Gasteiger partial charge in [-0.05, 0) is 42.5 Å². The number of benzene rings is 2. The highest BCUT2D eigenvalue weighted by atomic mass is 16.1. The number of carbonyl (C=O) groups excluding carboxylic acids is 1. The third kappa shape index (κ3) is 5.11. The van der Waals surface area contributed by atoms with E-state index in [0.717, 1.165) is 27.4 Å². The van der Waals surface area contributed by atoms with Crippen LogP contribution in [0.2, 0.25) is 0 Å². The van der Waals surface area contributed by atoms with Crippen LogP contribution in [0.1, 0.15) is 39.9 Å². The molecule has 0 bridgehead atoms. The van der Waals surface area contributed by atoms with Gasteiger partial charge in [0.25, 0.3) is 11.5 Å². The highest BCUT2D eigenvalue weighted by molar-refractivity contribution is 6.03. The summed E-state index contributed by atoms with van der Waals surface area (Å²) in [6.45, 7) is 3.97. The Morgan fingerprint density at radius 3 is 2.46 bits per heavy atom. The first-order valence-corrected chi connectivity index (χ1v) is 12.7. The van der Waals surface area contributed by atoms with Gasteiger partial charge in [0.15, 0.2) is 5.82 Å². The molecule has 0 unspecified atom stereocenters. The lowest BCUT2D eigenvalue weighted by Crippen LogP contribution is -2.24. The molecule has 6 rings (SSSR count). The van der Waals surface area contributed by atoms with Crippen LogP contribution < -0.4 is 17.0 Å². The number of rotatable bonds is 3. The Morgan fingerprint density at radius 1 is 1.02 bits per heavy atom. The van der Waals surface area contributed by atoms with Crippen molar-refractivity contribution in [2.24, 2.45) is 12.8 Å². The second-order valence-corrected chi connectivity index (χ2v) is 8.99. The lowest BCUT2D eigenvalue weighted by atomic mass is 10.1. The first-order chi connectivity index (χ1) is 19.8. The van der Waals surface area contributed by atoms with Crippen molar-refractivity contribution in [2.75, 3.05) is 5.73 Å². The maximum Gasteiger partial charge on any atom is 0.267 e. The summed E-state index contributed by atoms with van der Waals surface area (Å²) in [7, 11) is 1.88. The summed E-state index contributed by atoms with van der Waals surface area (Å²) in [5.41, 5.74) is 15.1. The van der Waals surface area contributed by atoms with Crippen LogP contribution in [0.15, 0.2) is 71.8 Å². The van der Waals surface area contributed by atoms with Crippen molar-refractivity contribution < 1.29 is 4.79 Å². The number of para-hydroxylation sites is 1. The van der Waals surface area contributed by atoms with Gasteiger partial charge in [-0.1, -0.05) is 43.0 Å². The molecule has 0 aliphatic carbocycles. The lowest BCUT2D eigenvalue weighted by Gasteiger charge is -2.13. The van der Waals surface area contributed by atoms with Crippen molar-refractivity contribution in [3.63, 3.8) is 0 Å². The number of anilines is 1. The molecule has 0 spiro atoms. The molecule has 0 fully saturated rings. The van der Waals surface area contributed by atoms with Crippen LogP contribution in [-0.4, -0.2) is 45.3 Å². The molecule has 204 valence electrons. The molecule has 4 heterocycles. The maximum absolute atomic E-state index is 13.5. The zero-order chi connectivity index (χ0) is 29.1. The van der Waals surface area contributed by atoms with Crippen molar-refractivity contribution in [1.29, 1.82) is 0 Å². The maximum atomic E-state index is 13.5. The van der Waals surface area contributed by atoms with Gasteiger partial charge >= 0.3 is 0 Å². The number of nitrogens with two attached hydrogens (primary N) is 2. The molecule has 4 N–H and O–H groups in total. The molecule has 6 aromatic rings. The van der Waals surface area contributed by atoms with Crippen molar-refractivity contribution in [3.8, 4) is 17.5 Å². The number of carbonyl (C=O) groups is 1. The van der Waals surface area contributed by atoms with Crippen LogP contribution in [0.4, 0.5) is 5.82 Å².